The van der Waals surface area contributed by atoms with E-state index in [2.05, 4.69) is 58.4 Å². The standard InChI is InChI=1S/5C16H17N3O3S.C4H10O/c5*1-11-10-23-15(17-11)18-14(20)13-8-5-9-19(13)16(21)22-12-6-3-2-4-7-12;1-2-3-4-5/h5*2-4,6-7,10,13H,5,8-9H2,1H3,(H,17,18,20);5H,2-4H2,1H3. The number of hydrogen-bond donors (Lipinski definition) is 6. The molecule has 10 amide bonds. The van der Waals surface area contributed by atoms with E-state index in [1.54, 1.807) is 121 Å². The zero-order chi connectivity index (χ0) is 85.3. The number of nitrogens with zero attached hydrogens (tertiary/aromatic N) is 10. The van der Waals surface area contributed by atoms with E-state index in [0.29, 0.717) is 126 Å². The SMILES string of the molecule is CCCCO.Cc1csc(NC(=O)C2CCCN2C(=O)Oc2ccccc2)n1.Cc1csc(NC(=O)C2CCCN2C(=O)Oc2ccccc2)n1.Cc1csc(NC(=O)C2CCCN2C(=O)Oc2ccccc2)n1.Cc1csc(NC(=O)C2CCCN2C(=O)Oc2ccccc2)n1.Cc1csc(NC(=O)C2CCCN2C(=O)Oc2ccccc2)n1. The van der Waals surface area contributed by atoms with Crippen molar-refractivity contribution in [3.63, 3.8) is 0 Å². The molecule has 5 aliphatic rings. The number of benzene rings is 5. The van der Waals surface area contributed by atoms with Crippen LogP contribution in [0.2, 0.25) is 0 Å². The number of amides is 10. The van der Waals surface area contributed by atoms with Crippen molar-refractivity contribution >= 4 is 142 Å². The van der Waals surface area contributed by atoms with E-state index in [-0.39, 0.29) is 29.5 Å². The molecule has 5 fully saturated rings. The lowest BCUT2D eigenvalue weighted by Gasteiger charge is -2.22. The Morgan fingerprint density at radius 3 is 0.625 bits per heavy atom. The van der Waals surface area contributed by atoms with Crippen LogP contribution in [0.25, 0.3) is 0 Å². The summed E-state index contributed by atoms with van der Waals surface area (Å²) in [6, 6.07) is 41.7. The molecule has 120 heavy (non-hydrogen) atoms. The first-order chi connectivity index (χ1) is 58.1. The van der Waals surface area contributed by atoms with Gasteiger partial charge in [0.2, 0.25) is 29.5 Å². The number of thiazole rings is 5. The molecule has 0 aliphatic carbocycles. The molecule has 6 N–H and O–H groups in total. The molecule has 5 aromatic heterocycles. The van der Waals surface area contributed by atoms with Gasteiger partial charge in [-0.3, -0.25) is 48.5 Å². The van der Waals surface area contributed by atoms with Crippen molar-refractivity contribution < 1.29 is 76.7 Å². The van der Waals surface area contributed by atoms with Crippen LogP contribution in [0, 0.1) is 34.6 Å². The van der Waals surface area contributed by atoms with E-state index in [9.17, 15) is 47.9 Å². The molecule has 5 aliphatic heterocycles. The van der Waals surface area contributed by atoms with Gasteiger partial charge < -0.3 is 55.4 Å². The van der Waals surface area contributed by atoms with E-state index < -0.39 is 60.7 Å². The number of ether oxygens (including phenoxy) is 5. The number of rotatable bonds is 17. The topological polar surface area (TPSA) is 378 Å². The summed E-state index contributed by atoms with van der Waals surface area (Å²) in [6.07, 6.45) is 6.57. The number of aliphatic hydroxyl groups is 1. The van der Waals surface area contributed by atoms with Crippen LogP contribution in [0.1, 0.15) is 112 Å². The van der Waals surface area contributed by atoms with Gasteiger partial charge in [-0.1, -0.05) is 104 Å². The van der Waals surface area contributed by atoms with Gasteiger partial charge in [0.25, 0.3) is 0 Å². The number of nitrogens with one attached hydrogen (secondary N) is 5. The zero-order valence-corrected chi connectivity index (χ0v) is 71.1. The Kier molecular flexibility index (Phi) is 34.8. The summed E-state index contributed by atoms with van der Waals surface area (Å²) >= 11 is 6.86. The summed E-state index contributed by atoms with van der Waals surface area (Å²) < 4.78 is 26.6. The lowest BCUT2D eigenvalue weighted by molar-refractivity contribution is -0.120. The van der Waals surface area contributed by atoms with Gasteiger partial charge in [0.15, 0.2) is 25.7 Å². The first kappa shape index (κ1) is 90.2. The van der Waals surface area contributed by atoms with Crippen LogP contribution in [0.5, 0.6) is 28.7 Å². The fourth-order valence-electron chi connectivity index (χ4n) is 12.7. The molecule has 5 aromatic carbocycles. The highest BCUT2D eigenvalue weighted by molar-refractivity contribution is 7.15. The molecule has 36 heteroatoms. The summed E-state index contributed by atoms with van der Waals surface area (Å²) in [4.78, 5) is 152. The predicted molar refractivity (Wildman–Crippen MR) is 460 cm³/mol. The van der Waals surface area contributed by atoms with Crippen LogP contribution >= 0.6 is 56.7 Å². The quantitative estimate of drug-likeness (QED) is 0.0493. The van der Waals surface area contributed by atoms with Crippen LogP contribution in [-0.4, -0.2) is 184 Å². The number of anilines is 5. The molecular formula is C84H95N15O16S5. The minimum atomic E-state index is -0.518. The van der Waals surface area contributed by atoms with E-state index in [0.717, 1.165) is 73.4 Å². The molecule has 632 valence electrons. The first-order valence-electron chi connectivity index (χ1n) is 39.0. The number of para-hydroxylation sites is 5. The second-order valence-electron chi connectivity index (χ2n) is 27.7. The fourth-order valence-corrected chi connectivity index (χ4v) is 16.1. The number of aryl methyl sites for hydroxylation is 5. The maximum atomic E-state index is 12.4. The molecule has 0 spiro atoms. The number of likely N-dealkylation sites (tertiary alicyclic amines) is 5. The third kappa shape index (κ3) is 27.8. The normalized spacial score (nSPS) is 16.7. The van der Waals surface area contributed by atoms with Crippen molar-refractivity contribution in [3.05, 3.63) is 207 Å². The largest absolute Gasteiger partial charge is 0.415 e. The second-order valence-corrected chi connectivity index (χ2v) is 31.9. The van der Waals surface area contributed by atoms with Crippen molar-refractivity contribution in [3.8, 4) is 28.7 Å². The molecule has 10 heterocycles. The third-order valence-electron chi connectivity index (χ3n) is 18.4. The van der Waals surface area contributed by atoms with Crippen LogP contribution in [0.15, 0.2) is 179 Å². The van der Waals surface area contributed by atoms with Crippen LogP contribution < -0.4 is 50.3 Å². The van der Waals surface area contributed by atoms with Crippen molar-refractivity contribution in [2.24, 2.45) is 0 Å². The molecule has 0 saturated carbocycles. The monoisotopic (exact) mass is 1730 g/mol. The van der Waals surface area contributed by atoms with Crippen molar-refractivity contribution in [2.75, 3.05) is 65.9 Å². The lowest BCUT2D eigenvalue weighted by Crippen LogP contribution is -2.44. The molecule has 5 saturated heterocycles. The predicted octanol–water partition coefficient (Wildman–Crippen LogP) is 16.0. The third-order valence-corrected chi connectivity index (χ3v) is 22.8. The molecule has 5 unspecified atom stereocenters. The molecular weight excluding hydrogens is 1640 g/mol. The Balaban J connectivity index is 0.000000155. The van der Waals surface area contributed by atoms with E-state index in [4.69, 9.17) is 28.8 Å². The summed E-state index contributed by atoms with van der Waals surface area (Å²) in [5, 5.41) is 34.0. The number of carbonyl (C=O) groups excluding carboxylic acids is 10. The highest BCUT2D eigenvalue weighted by Crippen LogP contribution is 2.30. The number of unbranched alkanes of at least 4 members (excludes halogenated alkanes) is 1. The van der Waals surface area contributed by atoms with Gasteiger partial charge in [-0.2, -0.15) is 0 Å². The van der Waals surface area contributed by atoms with Gasteiger partial charge >= 0.3 is 30.5 Å². The Hall–Kier alpha value is -12.1. The van der Waals surface area contributed by atoms with Gasteiger partial charge in [0.1, 0.15) is 59.0 Å². The van der Waals surface area contributed by atoms with E-state index >= 15 is 0 Å². The van der Waals surface area contributed by atoms with Gasteiger partial charge in [0.05, 0.1) is 28.5 Å². The van der Waals surface area contributed by atoms with E-state index in [1.807, 2.05) is 91.9 Å². The number of hydrogen-bond acceptors (Lipinski definition) is 26. The minimum Gasteiger partial charge on any atom is -0.410 e. The Morgan fingerprint density at radius 1 is 0.317 bits per heavy atom. The molecule has 5 atom stereocenters. The average molecular weight is 1730 g/mol. The van der Waals surface area contributed by atoms with Crippen LogP contribution in [0.4, 0.5) is 49.6 Å². The first-order valence-corrected chi connectivity index (χ1v) is 43.4. The highest BCUT2D eigenvalue weighted by Gasteiger charge is 2.41. The summed E-state index contributed by atoms with van der Waals surface area (Å²) in [7, 11) is 0. The summed E-state index contributed by atoms with van der Waals surface area (Å²) in [5.74, 6) is 1.25. The maximum absolute atomic E-state index is 12.4. The highest BCUT2D eigenvalue weighted by atomic mass is 32.1. The summed E-state index contributed by atoms with van der Waals surface area (Å²) in [6.45, 7) is 14.3. The zero-order valence-electron chi connectivity index (χ0n) is 67.0. The maximum Gasteiger partial charge on any atom is 0.415 e. The smallest absolute Gasteiger partial charge is 0.410 e. The second kappa shape index (κ2) is 46.3. The molecule has 31 nitrogen and oxygen atoms in total. The van der Waals surface area contributed by atoms with Crippen molar-refractivity contribution in [1.29, 1.82) is 0 Å². The number of aliphatic hydroxyl groups excluding tert-OH is 1. The summed E-state index contributed by atoms with van der Waals surface area (Å²) in [5.41, 5.74) is 4.29. The number of aromatic nitrogens is 5. The van der Waals surface area contributed by atoms with Gasteiger partial charge in [-0.05, 0) is 166 Å². The Bertz CT molecular complexity index is 4280. The average Bonchev–Trinajstić information content (AvgIpc) is 1.71. The van der Waals surface area contributed by atoms with Crippen LogP contribution in [0.3, 0.4) is 0 Å². The Morgan fingerprint density at radius 2 is 0.492 bits per heavy atom. The molecule has 0 bridgehead atoms. The molecule has 0 radical (unpaired) electrons. The van der Waals surface area contributed by atoms with Crippen molar-refractivity contribution in [1.82, 2.24) is 49.4 Å². The van der Waals surface area contributed by atoms with Crippen molar-refractivity contribution in [2.45, 2.75) is 149 Å². The Labute approximate surface area is 714 Å². The van der Waals surface area contributed by atoms with Gasteiger partial charge in [-0.15, -0.1) is 56.7 Å². The molecule has 15 rings (SSSR count). The lowest BCUT2D eigenvalue weighted by atomic mass is 10.2. The van der Waals surface area contributed by atoms with Gasteiger partial charge in [-0.25, -0.2) is 48.9 Å². The molecule has 10 aromatic rings. The van der Waals surface area contributed by atoms with E-state index in [1.165, 1.54) is 81.2 Å². The number of carbonyl (C=O) groups is 10. The van der Waals surface area contributed by atoms with Gasteiger partial charge in [0, 0.05) is 66.2 Å². The van der Waals surface area contributed by atoms with Crippen LogP contribution in [-0.2, 0) is 24.0 Å². The fraction of sp³-hybridized carbons (Fsp3) is 0.345. The minimum absolute atomic E-state index is 0.220.